The molecule has 202 valence electrons. The van der Waals surface area contributed by atoms with Crippen molar-refractivity contribution in [2.45, 2.75) is 44.1 Å². The van der Waals surface area contributed by atoms with Crippen molar-refractivity contribution in [3.05, 3.63) is 75.2 Å². The lowest BCUT2D eigenvalue weighted by Crippen LogP contribution is -2.38. The molecule has 9 nitrogen and oxygen atoms in total. The predicted octanol–water partition coefficient (Wildman–Crippen LogP) is 3.08. The van der Waals surface area contributed by atoms with Crippen LogP contribution in [-0.4, -0.2) is 44.4 Å². The van der Waals surface area contributed by atoms with E-state index in [1.807, 2.05) is 0 Å². The van der Waals surface area contributed by atoms with Crippen molar-refractivity contribution in [1.29, 1.82) is 0 Å². The Hall–Kier alpha value is -3.64. The second-order valence-electron chi connectivity index (χ2n) is 8.85. The molecule has 1 saturated carbocycles. The highest BCUT2D eigenvalue weighted by Gasteiger charge is 2.36. The fourth-order valence-corrected chi connectivity index (χ4v) is 4.23. The first-order valence-corrected chi connectivity index (χ1v) is 12.2. The minimum absolute atomic E-state index is 0.0633. The smallest absolute Gasteiger partial charge is 0.395 e. The van der Waals surface area contributed by atoms with E-state index in [4.69, 9.17) is 16.7 Å². The van der Waals surface area contributed by atoms with E-state index >= 15 is 0 Å². The van der Waals surface area contributed by atoms with E-state index in [-0.39, 0.29) is 24.8 Å². The van der Waals surface area contributed by atoms with Crippen molar-refractivity contribution in [3.63, 3.8) is 0 Å². The largest absolute Gasteiger partial charge is 0.416 e. The molecule has 1 aliphatic rings. The van der Waals surface area contributed by atoms with Gasteiger partial charge in [0.1, 0.15) is 6.54 Å². The summed E-state index contributed by atoms with van der Waals surface area (Å²) >= 11 is 5.96. The number of aromatic nitrogens is 3. The molecule has 0 aliphatic heterocycles. The van der Waals surface area contributed by atoms with E-state index in [2.05, 4.69) is 15.7 Å². The zero-order valence-corrected chi connectivity index (χ0v) is 20.8. The lowest BCUT2D eigenvalue weighted by Gasteiger charge is -2.22. The van der Waals surface area contributed by atoms with Gasteiger partial charge in [-0.3, -0.25) is 14.2 Å². The maximum atomic E-state index is 13.7. The Morgan fingerprint density at radius 3 is 2.42 bits per heavy atom. The monoisotopic (exact) mass is 551 g/mol. The minimum atomic E-state index is -4.73. The molecule has 1 fully saturated rings. The summed E-state index contributed by atoms with van der Waals surface area (Å²) in [7, 11) is 0. The van der Waals surface area contributed by atoms with Crippen LogP contribution in [0.2, 0.25) is 5.02 Å². The minimum Gasteiger partial charge on any atom is -0.395 e. The Balaban J connectivity index is 1.61. The molecule has 0 bridgehead atoms. The van der Waals surface area contributed by atoms with Crippen LogP contribution < -0.4 is 16.3 Å². The molecule has 13 heteroatoms. The van der Waals surface area contributed by atoms with Gasteiger partial charge in [0.15, 0.2) is 5.82 Å². The van der Waals surface area contributed by atoms with E-state index in [0.717, 1.165) is 23.6 Å². The van der Waals surface area contributed by atoms with Gasteiger partial charge in [0.25, 0.3) is 0 Å². The third-order valence-corrected chi connectivity index (χ3v) is 6.23. The zero-order valence-electron chi connectivity index (χ0n) is 20.0. The average Bonchev–Trinajstić information content (AvgIpc) is 3.66. The average molecular weight is 552 g/mol. The first kappa shape index (κ1) is 27.4. The number of aliphatic hydroxyl groups is 1. The van der Waals surface area contributed by atoms with Crippen molar-refractivity contribution in [3.8, 4) is 11.4 Å². The number of alkyl halides is 3. The molecule has 0 spiro atoms. The number of amides is 2. The van der Waals surface area contributed by atoms with Gasteiger partial charge in [-0.1, -0.05) is 29.8 Å². The summed E-state index contributed by atoms with van der Waals surface area (Å²) in [6, 6.07) is 9.89. The third-order valence-electron chi connectivity index (χ3n) is 5.98. The van der Waals surface area contributed by atoms with Crippen molar-refractivity contribution in [1.82, 2.24) is 25.0 Å². The molecular formula is C25H25ClF3N5O4. The maximum absolute atomic E-state index is 13.7. The predicted molar refractivity (Wildman–Crippen MR) is 132 cm³/mol. The molecule has 1 atom stereocenters. The summed E-state index contributed by atoms with van der Waals surface area (Å²) in [4.78, 5) is 38.4. The molecule has 4 rings (SSSR count). The Kier molecular flexibility index (Phi) is 8.22. The van der Waals surface area contributed by atoms with Crippen LogP contribution in [0.15, 0.2) is 53.3 Å². The number of aliphatic hydroxyl groups excluding tert-OH is 1. The summed E-state index contributed by atoms with van der Waals surface area (Å²) in [5, 5.41) is 18.6. The fraction of sp³-hybridized carbons (Fsp3) is 0.360. The van der Waals surface area contributed by atoms with E-state index in [1.165, 1.54) is 22.8 Å². The van der Waals surface area contributed by atoms with Gasteiger partial charge in [0.2, 0.25) is 11.8 Å². The van der Waals surface area contributed by atoms with E-state index < -0.39 is 48.3 Å². The Labute approximate surface area is 220 Å². The second-order valence-corrected chi connectivity index (χ2v) is 9.29. The van der Waals surface area contributed by atoms with Crippen LogP contribution in [-0.2, 0) is 22.3 Å². The summed E-state index contributed by atoms with van der Waals surface area (Å²) in [5.74, 6) is -1.11. The van der Waals surface area contributed by atoms with Gasteiger partial charge in [-0.2, -0.15) is 13.2 Å². The molecule has 0 radical (unpaired) electrons. The van der Waals surface area contributed by atoms with Crippen molar-refractivity contribution in [2.75, 3.05) is 13.2 Å². The van der Waals surface area contributed by atoms with Gasteiger partial charge in [0, 0.05) is 23.2 Å². The molecular weight excluding hydrogens is 527 g/mol. The topological polar surface area (TPSA) is 118 Å². The van der Waals surface area contributed by atoms with Gasteiger partial charge in [-0.25, -0.2) is 9.48 Å². The number of benzene rings is 2. The summed E-state index contributed by atoms with van der Waals surface area (Å²) in [6.07, 6.45) is -3.69. The standard InChI is InChI=1S/C25H25ClF3N5O4/c26-16-7-5-15(6-8-16)23-32-33(24(38)34(23)17-9-10-17)14-22(37)31-20(13-21(36)30-11-12-35)18-3-1-2-4-19(18)25(27,28)29/h1-8,17,20,35H,9-14H2,(H,30,36)(H,31,37)/t20-/m0/s1. The number of rotatable bonds is 10. The highest BCUT2D eigenvalue weighted by molar-refractivity contribution is 6.30. The molecule has 1 aromatic heterocycles. The van der Waals surface area contributed by atoms with Crippen LogP contribution in [0.4, 0.5) is 13.2 Å². The highest BCUT2D eigenvalue weighted by atomic mass is 35.5. The van der Waals surface area contributed by atoms with Gasteiger partial charge in [-0.05, 0) is 48.7 Å². The molecule has 2 aromatic carbocycles. The number of hydrogen-bond acceptors (Lipinski definition) is 5. The van der Waals surface area contributed by atoms with Crippen molar-refractivity contribution >= 4 is 23.4 Å². The molecule has 2 amide bonds. The van der Waals surface area contributed by atoms with Gasteiger partial charge < -0.3 is 15.7 Å². The third kappa shape index (κ3) is 6.43. The van der Waals surface area contributed by atoms with Gasteiger partial charge >= 0.3 is 11.9 Å². The quantitative estimate of drug-likeness (QED) is 0.358. The number of halogens is 4. The molecule has 3 N–H and O–H groups in total. The first-order valence-electron chi connectivity index (χ1n) is 11.9. The van der Waals surface area contributed by atoms with Crippen LogP contribution in [0, 0.1) is 0 Å². The van der Waals surface area contributed by atoms with Crippen LogP contribution in [0.3, 0.4) is 0 Å². The van der Waals surface area contributed by atoms with E-state index in [9.17, 15) is 27.6 Å². The summed E-state index contributed by atoms with van der Waals surface area (Å²) in [6.45, 7) is -1.02. The Bertz CT molecular complexity index is 1370. The maximum Gasteiger partial charge on any atom is 0.416 e. The summed E-state index contributed by atoms with van der Waals surface area (Å²) in [5.41, 5.74) is -1.21. The number of carbonyl (C=O) groups is 2. The number of carbonyl (C=O) groups excluding carboxylic acids is 2. The van der Waals surface area contributed by atoms with E-state index in [0.29, 0.717) is 16.4 Å². The van der Waals surface area contributed by atoms with Gasteiger partial charge in [-0.15, -0.1) is 5.10 Å². The fourth-order valence-electron chi connectivity index (χ4n) is 4.11. The van der Waals surface area contributed by atoms with Crippen LogP contribution in [0.1, 0.15) is 42.5 Å². The van der Waals surface area contributed by atoms with E-state index in [1.54, 1.807) is 24.3 Å². The lowest BCUT2D eigenvalue weighted by molar-refractivity contribution is -0.139. The second kappa shape index (κ2) is 11.4. The zero-order chi connectivity index (χ0) is 27.4. The van der Waals surface area contributed by atoms with Crippen LogP contribution in [0.5, 0.6) is 0 Å². The Morgan fingerprint density at radius 2 is 1.79 bits per heavy atom. The molecule has 0 saturated heterocycles. The highest BCUT2D eigenvalue weighted by Crippen LogP contribution is 2.37. The number of hydrogen-bond donors (Lipinski definition) is 3. The first-order chi connectivity index (χ1) is 18.1. The van der Waals surface area contributed by atoms with Crippen molar-refractivity contribution < 1.29 is 27.9 Å². The molecule has 1 aliphatic carbocycles. The van der Waals surface area contributed by atoms with Gasteiger partial charge in [0.05, 0.1) is 24.6 Å². The Morgan fingerprint density at radius 1 is 1.11 bits per heavy atom. The molecule has 3 aromatic rings. The number of nitrogens with one attached hydrogen (secondary N) is 2. The summed E-state index contributed by atoms with van der Waals surface area (Å²) < 4.78 is 43.5. The molecule has 38 heavy (non-hydrogen) atoms. The normalized spacial score (nSPS) is 14.2. The number of nitrogens with zero attached hydrogens (tertiary/aromatic N) is 3. The SMILES string of the molecule is O=C(C[C@H](NC(=O)Cn1nc(-c2ccc(Cl)cc2)n(C2CC2)c1=O)c1ccccc1C(F)(F)F)NCCO. The van der Waals surface area contributed by atoms with Crippen LogP contribution >= 0.6 is 11.6 Å². The van der Waals surface area contributed by atoms with Crippen LogP contribution in [0.25, 0.3) is 11.4 Å². The molecule has 1 heterocycles. The lowest BCUT2D eigenvalue weighted by atomic mass is 9.97. The molecule has 0 unspecified atom stereocenters. The van der Waals surface area contributed by atoms with Crippen molar-refractivity contribution in [2.24, 2.45) is 0 Å².